The number of piperidine rings is 1. The quantitative estimate of drug-likeness (QED) is 0.141. The van der Waals surface area contributed by atoms with E-state index in [4.69, 9.17) is 21.1 Å². The summed E-state index contributed by atoms with van der Waals surface area (Å²) in [5.74, 6) is 1.29. The van der Waals surface area contributed by atoms with Crippen molar-refractivity contribution in [2.45, 2.75) is 56.0 Å². The van der Waals surface area contributed by atoms with Gasteiger partial charge < -0.3 is 25.5 Å². The van der Waals surface area contributed by atoms with E-state index in [1.54, 1.807) is 6.20 Å². The summed E-state index contributed by atoms with van der Waals surface area (Å²) in [6.07, 6.45) is 5.76. The minimum Gasteiger partial charge on any atom is -0.378 e. The van der Waals surface area contributed by atoms with Crippen LogP contribution in [0.2, 0.25) is 5.02 Å². The molecule has 12 nitrogen and oxygen atoms in total. The first-order valence-corrected chi connectivity index (χ1v) is 20.5. The molecule has 5 aliphatic heterocycles. The van der Waals surface area contributed by atoms with Crippen LogP contribution in [0.5, 0.6) is 0 Å². The zero-order valence-electron chi connectivity index (χ0n) is 30.4. The van der Waals surface area contributed by atoms with Gasteiger partial charge in [-0.05, 0) is 58.9 Å². The number of hydrogen-bond acceptors (Lipinski definition) is 13. The number of anilines is 2. The summed E-state index contributed by atoms with van der Waals surface area (Å²) in [5.41, 5.74) is 14.4. The van der Waals surface area contributed by atoms with Crippen LogP contribution in [0, 0.1) is 34.5 Å². The van der Waals surface area contributed by atoms with E-state index in [2.05, 4.69) is 71.2 Å². The van der Waals surface area contributed by atoms with Crippen molar-refractivity contribution in [3.63, 3.8) is 0 Å². The first kappa shape index (κ1) is 35.0. The first-order chi connectivity index (χ1) is 27.1. The highest BCUT2D eigenvalue weighted by Crippen LogP contribution is 2.50. The van der Waals surface area contributed by atoms with Gasteiger partial charge in [-0.1, -0.05) is 41.9 Å². The van der Waals surface area contributed by atoms with Crippen molar-refractivity contribution in [1.82, 2.24) is 30.8 Å². The Bertz CT molecular complexity index is 2200. The van der Waals surface area contributed by atoms with Gasteiger partial charge in [-0.2, -0.15) is 10.5 Å². The number of pyridine rings is 1. The minimum atomic E-state index is -0.192. The number of likely N-dealkylation sites (tertiary alicyclic amines) is 1. The molecule has 0 bridgehead atoms. The number of nitrogens with zero attached hydrogens (tertiary/aromatic N) is 6. The van der Waals surface area contributed by atoms with Gasteiger partial charge in [0.15, 0.2) is 0 Å². The Hall–Kier alpha value is -4.44. The summed E-state index contributed by atoms with van der Waals surface area (Å²) in [7, 11) is 0. The number of aromatic nitrogens is 1. The standard InChI is InChI=1S/C41H43ClN10O2S/c42-34-12-26(11-30-38(25(13-44)14-45-39(30)34)47-35(7-4-9-43)24-5-2-1-3-6-24)46-40(33-23-55-37-18-50(10-8-29(33)37)27-19-53-20-27)36-17-52(49-48-36)41-31-15-51(16-32(31)41)28-21-54-22-28/h1-3,5-6,11-12,14,17,23,27-28,31-32,35,40-41,46,48-49H,4,7-8,10,15-16,18-22H2,(H,45,47)/t31-,32+,35?,40-,41?/m0/s1. The topological polar surface area (TPSA) is 137 Å². The van der Waals surface area contributed by atoms with Gasteiger partial charge in [-0.25, -0.2) is 0 Å². The third-order valence-electron chi connectivity index (χ3n) is 12.4. The molecule has 4 aromatic rings. The second-order valence-corrected chi connectivity index (χ2v) is 17.0. The third-order valence-corrected chi connectivity index (χ3v) is 13.8. The molecule has 5 atom stereocenters. The fourth-order valence-electron chi connectivity index (χ4n) is 9.15. The van der Waals surface area contributed by atoms with E-state index in [0.717, 1.165) is 81.4 Å². The number of halogens is 1. The molecule has 0 amide bonds. The maximum Gasteiger partial charge on any atom is 0.103 e. The van der Waals surface area contributed by atoms with Crippen LogP contribution in [0.15, 0.2) is 65.9 Å². The molecule has 55 heavy (non-hydrogen) atoms. The van der Waals surface area contributed by atoms with Crippen LogP contribution in [-0.4, -0.2) is 84.0 Å². The van der Waals surface area contributed by atoms with Crippen LogP contribution < -0.4 is 21.6 Å². The fourth-order valence-corrected chi connectivity index (χ4v) is 10.6. The van der Waals surface area contributed by atoms with Gasteiger partial charge in [0.05, 0.1) is 90.2 Å². The lowest BCUT2D eigenvalue weighted by atomic mass is 9.95. The maximum absolute atomic E-state index is 10.3. The zero-order valence-corrected chi connectivity index (χ0v) is 32.0. The summed E-state index contributed by atoms with van der Waals surface area (Å²) >= 11 is 8.90. The second kappa shape index (κ2) is 14.6. The minimum absolute atomic E-state index is 0.189. The average molecular weight is 775 g/mol. The van der Waals surface area contributed by atoms with Crippen LogP contribution in [-0.2, 0) is 22.4 Å². The number of hydrogen-bond donors (Lipinski definition) is 4. The van der Waals surface area contributed by atoms with Gasteiger partial charge in [0.25, 0.3) is 0 Å². The van der Waals surface area contributed by atoms with E-state index in [0.29, 0.717) is 64.6 Å². The predicted octanol–water partition coefficient (Wildman–Crippen LogP) is 5.68. The number of hydrazine groups is 2. The SMILES string of the molecule is N#CCCC(Nc1c(C#N)cnc2c(Cl)cc(N[C@H](C3=CN(C4[C@H]5CN(C6COC6)C[C@@H]45)NN3)c3csc4c3CCN(C3COC3)C4)cc12)c1ccccc1. The lowest BCUT2D eigenvalue weighted by molar-refractivity contribution is -0.0691. The van der Waals surface area contributed by atoms with Crippen molar-refractivity contribution in [3.8, 4) is 12.1 Å². The van der Waals surface area contributed by atoms with Gasteiger partial charge in [0.2, 0.25) is 0 Å². The van der Waals surface area contributed by atoms with Gasteiger partial charge >= 0.3 is 0 Å². The molecule has 1 saturated carbocycles. The van der Waals surface area contributed by atoms with Crippen LogP contribution in [0.25, 0.3) is 10.9 Å². The second-order valence-electron chi connectivity index (χ2n) is 15.6. The monoisotopic (exact) mass is 774 g/mol. The number of thiophene rings is 1. The molecule has 2 aromatic carbocycles. The van der Waals surface area contributed by atoms with Gasteiger partial charge in [-0.3, -0.25) is 19.8 Å². The van der Waals surface area contributed by atoms with Gasteiger partial charge in [0, 0.05) is 60.9 Å². The zero-order chi connectivity index (χ0) is 37.0. The van der Waals surface area contributed by atoms with E-state index in [1.807, 2.05) is 47.7 Å². The summed E-state index contributed by atoms with van der Waals surface area (Å²) in [4.78, 5) is 11.2. The molecule has 10 rings (SSSR count). The molecule has 282 valence electrons. The van der Waals surface area contributed by atoms with Crippen molar-refractivity contribution >= 4 is 45.2 Å². The predicted molar refractivity (Wildman–Crippen MR) is 212 cm³/mol. The number of benzene rings is 2. The number of nitriles is 2. The molecule has 7 heterocycles. The Balaban J connectivity index is 0.986. The van der Waals surface area contributed by atoms with Crippen molar-refractivity contribution in [1.29, 1.82) is 10.5 Å². The van der Waals surface area contributed by atoms with E-state index in [9.17, 15) is 10.5 Å². The highest BCUT2D eigenvalue weighted by atomic mass is 35.5. The molecule has 2 unspecified atom stereocenters. The van der Waals surface area contributed by atoms with E-state index in [-0.39, 0.29) is 12.1 Å². The summed E-state index contributed by atoms with van der Waals surface area (Å²) in [5, 5.41) is 33.2. The Morgan fingerprint density at radius 1 is 1.02 bits per heavy atom. The van der Waals surface area contributed by atoms with E-state index >= 15 is 0 Å². The fraction of sp³-hybridized carbons (Fsp3) is 0.439. The largest absolute Gasteiger partial charge is 0.378 e. The number of fused-ring (bicyclic) bond motifs is 3. The highest BCUT2D eigenvalue weighted by Gasteiger charge is 2.60. The van der Waals surface area contributed by atoms with Crippen LogP contribution in [0.3, 0.4) is 0 Å². The lowest BCUT2D eigenvalue weighted by Crippen LogP contribution is -2.50. The molecule has 2 aromatic heterocycles. The van der Waals surface area contributed by atoms with E-state index < -0.39 is 0 Å². The van der Waals surface area contributed by atoms with E-state index in [1.165, 1.54) is 16.0 Å². The van der Waals surface area contributed by atoms with Crippen molar-refractivity contribution in [2.24, 2.45) is 11.8 Å². The molecule has 3 saturated heterocycles. The van der Waals surface area contributed by atoms with Crippen molar-refractivity contribution in [3.05, 3.63) is 98.1 Å². The molecule has 1 aliphatic carbocycles. The van der Waals surface area contributed by atoms with Gasteiger partial charge in [-0.15, -0.1) is 16.9 Å². The molecule has 4 fully saturated rings. The third kappa shape index (κ3) is 6.48. The molecular weight excluding hydrogens is 732 g/mol. The first-order valence-electron chi connectivity index (χ1n) is 19.3. The normalized spacial score (nSPS) is 24.7. The lowest BCUT2D eigenvalue weighted by Gasteiger charge is -2.39. The maximum atomic E-state index is 10.3. The van der Waals surface area contributed by atoms with Crippen LogP contribution >= 0.6 is 22.9 Å². The Kier molecular flexibility index (Phi) is 9.27. The molecule has 0 radical (unpaired) electrons. The summed E-state index contributed by atoms with van der Waals surface area (Å²) < 4.78 is 11.0. The molecule has 0 spiro atoms. The summed E-state index contributed by atoms with van der Waals surface area (Å²) in [6.45, 7) is 7.56. The van der Waals surface area contributed by atoms with Crippen molar-refractivity contribution < 1.29 is 9.47 Å². The number of nitrogens with one attached hydrogen (secondary N) is 4. The van der Waals surface area contributed by atoms with Crippen molar-refractivity contribution in [2.75, 3.05) is 56.7 Å². The number of rotatable bonds is 12. The Morgan fingerprint density at radius 3 is 2.53 bits per heavy atom. The van der Waals surface area contributed by atoms with Crippen LogP contribution in [0.1, 0.15) is 52.1 Å². The number of ether oxygens (including phenoxy) is 2. The molecule has 14 heteroatoms. The average Bonchev–Trinajstić information content (AvgIpc) is 3.58. The smallest absolute Gasteiger partial charge is 0.103 e. The Morgan fingerprint density at radius 2 is 1.80 bits per heavy atom. The highest BCUT2D eigenvalue weighted by molar-refractivity contribution is 7.10. The Labute approximate surface area is 329 Å². The van der Waals surface area contributed by atoms with Crippen LogP contribution in [0.4, 0.5) is 11.4 Å². The molecule has 4 N–H and O–H groups in total. The molecular formula is C41H43ClN10O2S. The van der Waals surface area contributed by atoms with Gasteiger partial charge in [0.1, 0.15) is 6.07 Å². The molecule has 6 aliphatic rings. The summed E-state index contributed by atoms with van der Waals surface area (Å²) in [6, 6.07) is 19.8.